The zero-order chi connectivity index (χ0) is 15.1. The molecule has 1 N–H and O–H groups in total. The third-order valence-electron chi connectivity index (χ3n) is 4.21. The largest absolute Gasteiger partial charge is 0.493 e. The van der Waals surface area contributed by atoms with Crippen LogP contribution in [-0.2, 0) is 0 Å². The number of hydrogen-bond donors (Lipinski definition) is 1. The molecule has 0 bridgehead atoms. The average molecular weight is 292 g/mol. The Morgan fingerprint density at radius 3 is 2.43 bits per heavy atom. The minimum absolute atomic E-state index is 0.447. The molecule has 1 unspecified atom stereocenters. The van der Waals surface area contributed by atoms with E-state index in [1.165, 1.54) is 0 Å². The van der Waals surface area contributed by atoms with Gasteiger partial charge in [0.1, 0.15) is 5.75 Å². The molecule has 0 saturated carbocycles. The lowest BCUT2D eigenvalue weighted by molar-refractivity contribution is 0.103. The van der Waals surface area contributed by atoms with Gasteiger partial charge in [-0.3, -0.25) is 0 Å². The van der Waals surface area contributed by atoms with Gasteiger partial charge in [-0.2, -0.15) is 0 Å². The van der Waals surface area contributed by atoms with Crippen LogP contribution in [-0.4, -0.2) is 60.8 Å². The second kappa shape index (κ2) is 8.37. The number of nitrogens with zero attached hydrogens (tertiary/aromatic N) is 2. The molecule has 118 valence electrons. The first-order valence-corrected chi connectivity index (χ1v) is 8.09. The van der Waals surface area contributed by atoms with Crippen LogP contribution in [0.15, 0.2) is 24.3 Å². The predicted molar refractivity (Wildman–Crippen MR) is 85.7 cm³/mol. The van der Waals surface area contributed by atoms with Crippen LogP contribution in [0, 0.1) is 0 Å². The molecule has 4 heteroatoms. The van der Waals surface area contributed by atoms with Gasteiger partial charge in [0, 0.05) is 38.3 Å². The van der Waals surface area contributed by atoms with E-state index in [-0.39, 0.29) is 0 Å². The Hall–Kier alpha value is -1.10. The molecule has 0 radical (unpaired) electrons. The minimum atomic E-state index is -0.447. The van der Waals surface area contributed by atoms with Crippen molar-refractivity contribution in [2.45, 2.75) is 26.4 Å². The van der Waals surface area contributed by atoms with E-state index in [4.69, 9.17) is 4.74 Å². The zero-order valence-corrected chi connectivity index (χ0v) is 13.3. The van der Waals surface area contributed by atoms with E-state index in [1.54, 1.807) is 0 Å². The van der Waals surface area contributed by atoms with Gasteiger partial charge in [-0.25, -0.2) is 0 Å². The van der Waals surface area contributed by atoms with Crippen molar-refractivity contribution in [3.8, 4) is 5.75 Å². The third kappa shape index (κ3) is 4.70. The lowest BCUT2D eigenvalue weighted by Gasteiger charge is -2.34. The summed E-state index contributed by atoms with van der Waals surface area (Å²) in [6.45, 7) is 11.4. The zero-order valence-electron chi connectivity index (χ0n) is 13.3. The number of ether oxygens (including phenoxy) is 1. The molecule has 1 atom stereocenters. The molecule has 21 heavy (non-hydrogen) atoms. The van der Waals surface area contributed by atoms with Gasteiger partial charge in [-0.1, -0.05) is 25.1 Å². The summed E-state index contributed by atoms with van der Waals surface area (Å²) in [5.41, 5.74) is 0.909. The van der Waals surface area contributed by atoms with Crippen LogP contribution in [0.3, 0.4) is 0 Å². The molecule has 0 aromatic heterocycles. The molecule has 1 aliphatic heterocycles. The number of aliphatic hydroxyl groups is 1. The number of piperazine rings is 1. The summed E-state index contributed by atoms with van der Waals surface area (Å²) in [5, 5.41) is 10.4. The number of rotatable bonds is 7. The number of hydrogen-bond acceptors (Lipinski definition) is 4. The van der Waals surface area contributed by atoms with Gasteiger partial charge in [0.25, 0.3) is 0 Å². The van der Waals surface area contributed by atoms with Crippen molar-refractivity contribution in [2.24, 2.45) is 0 Å². The maximum atomic E-state index is 10.4. The topological polar surface area (TPSA) is 35.9 Å². The van der Waals surface area contributed by atoms with Gasteiger partial charge in [0.15, 0.2) is 0 Å². The van der Waals surface area contributed by atoms with Crippen molar-refractivity contribution < 1.29 is 9.84 Å². The van der Waals surface area contributed by atoms with Crippen LogP contribution in [0.2, 0.25) is 0 Å². The van der Waals surface area contributed by atoms with Crippen molar-refractivity contribution in [1.82, 2.24) is 9.80 Å². The van der Waals surface area contributed by atoms with Gasteiger partial charge < -0.3 is 19.6 Å². The molecule has 1 aromatic rings. The number of para-hydroxylation sites is 1. The predicted octanol–water partition coefficient (Wildman–Crippen LogP) is 2.15. The Balaban J connectivity index is 1.83. The average Bonchev–Trinajstić information content (AvgIpc) is 2.54. The highest BCUT2D eigenvalue weighted by Gasteiger charge is 2.18. The Morgan fingerprint density at radius 2 is 1.76 bits per heavy atom. The maximum Gasteiger partial charge on any atom is 0.125 e. The molecule has 0 amide bonds. The number of benzene rings is 1. The van der Waals surface area contributed by atoms with E-state index in [1.807, 2.05) is 31.2 Å². The van der Waals surface area contributed by atoms with Crippen LogP contribution in [0.4, 0.5) is 0 Å². The molecule has 0 spiro atoms. The highest BCUT2D eigenvalue weighted by Crippen LogP contribution is 2.27. The smallest absolute Gasteiger partial charge is 0.125 e. The van der Waals surface area contributed by atoms with E-state index >= 15 is 0 Å². The highest BCUT2D eigenvalue weighted by molar-refractivity contribution is 5.35. The minimum Gasteiger partial charge on any atom is -0.493 e. The molecule has 1 aromatic carbocycles. The van der Waals surface area contributed by atoms with E-state index in [9.17, 15) is 5.11 Å². The van der Waals surface area contributed by atoms with Crippen molar-refractivity contribution in [2.75, 3.05) is 45.9 Å². The van der Waals surface area contributed by atoms with Crippen molar-refractivity contribution >= 4 is 0 Å². The summed E-state index contributed by atoms with van der Waals surface area (Å²) < 4.78 is 5.60. The van der Waals surface area contributed by atoms with Crippen LogP contribution >= 0.6 is 0 Å². The summed E-state index contributed by atoms with van der Waals surface area (Å²) in [6.07, 6.45) is 0.313. The van der Waals surface area contributed by atoms with Crippen LogP contribution in [0.1, 0.15) is 31.9 Å². The molecule has 1 aliphatic rings. The molecule has 2 rings (SSSR count). The first-order valence-electron chi connectivity index (χ1n) is 8.09. The molecule has 1 fully saturated rings. The summed E-state index contributed by atoms with van der Waals surface area (Å²) >= 11 is 0. The maximum absolute atomic E-state index is 10.4. The molecular formula is C17H28N2O2. The summed E-state index contributed by atoms with van der Waals surface area (Å²) in [6, 6.07) is 7.80. The van der Waals surface area contributed by atoms with E-state index < -0.39 is 6.10 Å². The fourth-order valence-electron chi connectivity index (χ4n) is 2.83. The lowest BCUT2D eigenvalue weighted by atomic mass is 10.0. The second-order valence-electron chi connectivity index (χ2n) is 5.55. The molecule has 1 saturated heterocycles. The van der Waals surface area contributed by atoms with Crippen molar-refractivity contribution in [3.63, 3.8) is 0 Å². The Labute approximate surface area is 128 Å². The van der Waals surface area contributed by atoms with Crippen LogP contribution in [0.5, 0.6) is 5.75 Å². The highest BCUT2D eigenvalue weighted by atomic mass is 16.5. The summed E-state index contributed by atoms with van der Waals surface area (Å²) in [5.74, 6) is 0.809. The third-order valence-corrected chi connectivity index (χ3v) is 4.21. The molecular weight excluding hydrogens is 264 g/mol. The summed E-state index contributed by atoms with van der Waals surface area (Å²) in [7, 11) is 0. The Kier molecular flexibility index (Phi) is 6.49. The van der Waals surface area contributed by atoms with Crippen molar-refractivity contribution in [1.29, 1.82) is 0 Å². The summed E-state index contributed by atoms with van der Waals surface area (Å²) in [4.78, 5) is 4.91. The van der Waals surface area contributed by atoms with Gasteiger partial charge in [0.05, 0.1) is 12.7 Å². The van der Waals surface area contributed by atoms with Gasteiger partial charge in [-0.15, -0.1) is 0 Å². The fraction of sp³-hybridized carbons (Fsp3) is 0.647. The van der Waals surface area contributed by atoms with Gasteiger partial charge >= 0.3 is 0 Å². The first-order chi connectivity index (χ1) is 10.2. The van der Waals surface area contributed by atoms with E-state index in [0.29, 0.717) is 6.61 Å². The fourth-order valence-corrected chi connectivity index (χ4v) is 2.83. The standard InChI is InChI=1S/C17H28N2O2/c1-3-18-11-13-19(14-12-18)10-9-16(20)15-7-5-6-8-17(15)21-4-2/h5-8,16,20H,3-4,9-14H2,1-2H3. The Morgan fingerprint density at radius 1 is 1.10 bits per heavy atom. The second-order valence-corrected chi connectivity index (χ2v) is 5.55. The van der Waals surface area contributed by atoms with Crippen LogP contribution in [0.25, 0.3) is 0 Å². The Bertz CT molecular complexity index is 417. The quantitative estimate of drug-likeness (QED) is 0.835. The van der Waals surface area contributed by atoms with Gasteiger partial charge in [0.2, 0.25) is 0 Å². The molecule has 4 nitrogen and oxygen atoms in total. The lowest BCUT2D eigenvalue weighted by Crippen LogP contribution is -2.46. The number of aliphatic hydroxyl groups excluding tert-OH is 1. The normalized spacial score (nSPS) is 18.6. The SMILES string of the molecule is CCOc1ccccc1C(O)CCN1CCN(CC)CC1. The first kappa shape index (κ1) is 16.3. The molecule has 0 aliphatic carbocycles. The van der Waals surface area contributed by atoms with Gasteiger partial charge in [-0.05, 0) is 26.0 Å². The van der Waals surface area contributed by atoms with E-state index in [2.05, 4.69) is 16.7 Å². The monoisotopic (exact) mass is 292 g/mol. The number of likely N-dealkylation sites (N-methyl/N-ethyl adjacent to an activating group) is 1. The molecule has 1 heterocycles. The van der Waals surface area contributed by atoms with E-state index in [0.717, 1.165) is 57.0 Å². The van der Waals surface area contributed by atoms with Crippen LogP contribution < -0.4 is 4.74 Å². The van der Waals surface area contributed by atoms with Crippen molar-refractivity contribution in [3.05, 3.63) is 29.8 Å².